The van der Waals surface area contributed by atoms with Crippen molar-refractivity contribution < 1.29 is 22.7 Å². The molecule has 0 atom stereocenters. The molecule has 0 saturated carbocycles. The molecule has 0 bridgehead atoms. The molecule has 2 aromatic carbocycles. The summed E-state index contributed by atoms with van der Waals surface area (Å²) in [6, 6.07) is 12.3. The lowest BCUT2D eigenvalue weighted by atomic mass is 9.83. The molecule has 3 rings (SSSR count). The number of benzene rings is 2. The third-order valence-electron chi connectivity index (χ3n) is 5.07. The van der Waals surface area contributed by atoms with Gasteiger partial charge in [-0.2, -0.15) is 13.2 Å². The van der Waals surface area contributed by atoms with Crippen LogP contribution < -0.4 is 10.1 Å². The van der Waals surface area contributed by atoms with E-state index in [1.54, 1.807) is 52.1 Å². The number of nitrogens with zero attached hydrogens (tertiary/aromatic N) is 3. The number of nitrogens with one attached hydrogen (secondary N) is 1. The number of hydrogen-bond donors (Lipinski definition) is 1. The molecule has 0 aliphatic carbocycles. The lowest BCUT2D eigenvalue weighted by Gasteiger charge is -2.26. The standard InChI is InChI=1S/C22H23F3N4O2/c1-14-19(27-28-29(14)17-9-6-10-18(12-17)31-4)20(30)26-13-21(2,3)15-7-5-8-16(11-15)22(23,24)25/h5-12H,13H2,1-4H3,(H,26,30). The Kier molecular flexibility index (Phi) is 6.06. The van der Waals surface area contributed by atoms with Crippen LogP contribution in [0.25, 0.3) is 5.69 Å². The highest BCUT2D eigenvalue weighted by molar-refractivity contribution is 5.93. The number of aromatic nitrogens is 3. The Morgan fingerprint density at radius 3 is 2.45 bits per heavy atom. The van der Waals surface area contributed by atoms with Gasteiger partial charge in [0.2, 0.25) is 0 Å². The highest BCUT2D eigenvalue weighted by Crippen LogP contribution is 2.32. The van der Waals surface area contributed by atoms with E-state index in [1.165, 1.54) is 10.7 Å². The van der Waals surface area contributed by atoms with Crippen molar-refractivity contribution in [3.8, 4) is 11.4 Å². The summed E-state index contributed by atoms with van der Waals surface area (Å²) in [5.41, 5.74) is 0.381. The van der Waals surface area contributed by atoms with E-state index in [1.807, 2.05) is 6.07 Å². The molecule has 0 saturated heterocycles. The largest absolute Gasteiger partial charge is 0.497 e. The molecule has 0 spiro atoms. The van der Waals surface area contributed by atoms with Crippen LogP contribution in [0.3, 0.4) is 0 Å². The van der Waals surface area contributed by atoms with E-state index < -0.39 is 23.1 Å². The number of carbonyl (C=O) groups excluding carboxylic acids is 1. The molecule has 0 unspecified atom stereocenters. The van der Waals surface area contributed by atoms with E-state index in [0.29, 0.717) is 22.7 Å². The van der Waals surface area contributed by atoms with Crippen LogP contribution in [0, 0.1) is 6.92 Å². The van der Waals surface area contributed by atoms with Gasteiger partial charge in [0, 0.05) is 18.0 Å². The molecule has 6 nitrogen and oxygen atoms in total. The maximum absolute atomic E-state index is 13.0. The van der Waals surface area contributed by atoms with Gasteiger partial charge in [0.25, 0.3) is 5.91 Å². The first kappa shape index (κ1) is 22.3. The van der Waals surface area contributed by atoms with Gasteiger partial charge in [0.05, 0.1) is 24.1 Å². The number of ether oxygens (including phenoxy) is 1. The molecule has 1 aromatic heterocycles. The highest BCUT2D eigenvalue weighted by Gasteiger charge is 2.32. The Bertz CT molecular complexity index is 1090. The van der Waals surface area contributed by atoms with Crippen molar-refractivity contribution in [2.45, 2.75) is 32.4 Å². The number of halogens is 3. The zero-order chi connectivity index (χ0) is 22.8. The second-order valence-corrected chi connectivity index (χ2v) is 7.78. The predicted octanol–water partition coefficient (Wildman–Crippen LogP) is 4.31. The van der Waals surface area contributed by atoms with E-state index in [2.05, 4.69) is 15.6 Å². The number of hydrogen-bond acceptors (Lipinski definition) is 4. The highest BCUT2D eigenvalue weighted by atomic mass is 19.4. The van der Waals surface area contributed by atoms with Gasteiger partial charge in [-0.05, 0) is 30.7 Å². The van der Waals surface area contributed by atoms with Gasteiger partial charge in [-0.3, -0.25) is 4.79 Å². The van der Waals surface area contributed by atoms with Crippen LogP contribution in [0.1, 0.15) is 41.2 Å². The van der Waals surface area contributed by atoms with Crippen molar-refractivity contribution in [3.63, 3.8) is 0 Å². The summed E-state index contributed by atoms with van der Waals surface area (Å²) >= 11 is 0. The second kappa shape index (κ2) is 8.41. The molecule has 164 valence electrons. The Labute approximate surface area is 178 Å². The summed E-state index contributed by atoms with van der Waals surface area (Å²) in [4.78, 5) is 12.7. The molecule has 31 heavy (non-hydrogen) atoms. The zero-order valence-electron chi connectivity index (χ0n) is 17.6. The number of carbonyl (C=O) groups is 1. The number of methoxy groups -OCH3 is 1. The van der Waals surface area contributed by atoms with Crippen LogP contribution in [0.2, 0.25) is 0 Å². The van der Waals surface area contributed by atoms with Crippen molar-refractivity contribution in [1.29, 1.82) is 0 Å². The van der Waals surface area contributed by atoms with E-state index in [-0.39, 0.29) is 12.2 Å². The molecular formula is C22H23F3N4O2. The molecular weight excluding hydrogens is 409 g/mol. The van der Waals surface area contributed by atoms with Crippen molar-refractivity contribution >= 4 is 5.91 Å². The van der Waals surface area contributed by atoms with Gasteiger partial charge in [0.1, 0.15) is 5.75 Å². The van der Waals surface area contributed by atoms with Crippen molar-refractivity contribution in [1.82, 2.24) is 20.3 Å². The molecule has 0 aliphatic heterocycles. The first-order valence-electron chi connectivity index (χ1n) is 9.55. The normalized spacial score (nSPS) is 12.0. The van der Waals surface area contributed by atoms with E-state index >= 15 is 0 Å². The quantitative estimate of drug-likeness (QED) is 0.630. The lowest BCUT2D eigenvalue weighted by molar-refractivity contribution is -0.137. The average Bonchev–Trinajstić information content (AvgIpc) is 3.13. The Balaban J connectivity index is 1.76. The van der Waals surface area contributed by atoms with E-state index in [9.17, 15) is 18.0 Å². The third kappa shape index (κ3) is 4.87. The van der Waals surface area contributed by atoms with Crippen molar-refractivity contribution in [3.05, 3.63) is 71.0 Å². The first-order chi connectivity index (χ1) is 14.5. The van der Waals surface area contributed by atoms with Crippen molar-refractivity contribution in [2.24, 2.45) is 0 Å². The maximum Gasteiger partial charge on any atom is 0.416 e. The molecule has 3 aromatic rings. The van der Waals surface area contributed by atoms with Crippen LogP contribution in [-0.4, -0.2) is 34.6 Å². The summed E-state index contributed by atoms with van der Waals surface area (Å²) in [6.45, 7) is 5.37. The first-order valence-corrected chi connectivity index (χ1v) is 9.55. The van der Waals surface area contributed by atoms with Crippen LogP contribution in [0.4, 0.5) is 13.2 Å². The number of alkyl halides is 3. The monoisotopic (exact) mass is 432 g/mol. The summed E-state index contributed by atoms with van der Waals surface area (Å²) in [6.07, 6.45) is -4.43. The molecule has 1 N–H and O–H groups in total. The number of rotatable bonds is 6. The summed E-state index contributed by atoms with van der Waals surface area (Å²) in [5.74, 6) is 0.188. The van der Waals surface area contributed by atoms with Crippen LogP contribution in [-0.2, 0) is 11.6 Å². The topological polar surface area (TPSA) is 69.0 Å². The number of amides is 1. The molecule has 0 radical (unpaired) electrons. The van der Waals surface area contributed by atoms with Crippen molar-refractivity contribution in [2.75, 3.05) is 13.7 Å². The minimum atomic E-state index is -4.43. The molecule has 1 heterocycles. The Hall–Kier alpha value is -3.36. The SMILES string of the molecule is COc1cccc(-n2nnc(C(=O)NCC(C)(C)c3cccc(C(F)(F)F)c3)c2C)c1. The van der Waals surface area contributed by atoms with Crippen LogP contribution in [0.5, 0.6) is 5.75 Å². The lowest BCUT2D eigenvalue weighted by Crippen LogP contribution is -2.37. The van der Waals surface area contributed by atoms with Crippen LogP contribution in [0.15, 0.2) is 48.5 Å². The minimum absolute atomic E-state index is 0.124. The summed E-state index contributed by atoms with van der Waals surface area (Å²) in [7, 11) is 1.55. The second-order valence-electron chi connectivity index (χ2n) is 7.78. The molecule has 0 aliphatic rings. The smallest absolute Gasteiger partial charge is 0.416 e. The van der Waals surface area contributed by atoms with Gasteiger partial charge in [0.15, 0.2) is 5.69 Å². The van der Waals surface area contributed by atoms with E-state index in [4.69, 9.17) is 4.74 Å². The Morgan fingerprint density at radius 1 is 1.10 bits per heavy atom. The van der Waals surface area contributed by atoms with E-state index in [0.717, 1.165) is 12.1 Å². The zero-order valence-corrected chi connectivity index (χ0v) is 17.6. The fourth-order valence-electron chi connectivity index (χ4n) is 3.13. The molecule has 9 heteroatoms. The van der Waals surface area contributed by atoms with Gasteiger partial charge < -0.3 is 10.1 Å². The van der Waals surface area contributed by atoms with Gasteiger partial charge in [-0.15, -0.1) is 5.10 Å². The fourth-order valence-corrected chi connectivity index (χ4v) is 3.13. The van der Waals surface area contributed by atoms with Gasteiger partial charge in [-0.1, -0.05) is 43.3 Å². The van der Waals surface area contributed by atoms with Gasteiger partial charge >= 0.3 is 6.18 Å². The summed E-state index contributed by atoms with van der Waals surface area (Å²) < 4.78 is 45.8. The molecule has 0 fully saturated rings. The Morgan fingerprint density at radius 2 is 1.77 bits per heavy atom. The summed E-state index contributed by atoms with van der Waals surface area (Å²) in [5, 5.41) is 10.8. The molecule has 1 amide bonds. The van der Waals surface area contributed by atoms with Gasteiger partial charge in [-0.25, -0.2) is 4.68 Å². The maximum atomic E-state index is 13.0. The van der Waals surface area contributed by atoms with Crippen LogP contribution >= 0.6 is 0 Å². The fraction of sp³-hybridized carbons (Fsp3) is 0.318. The predicted molar refractivity (Wildman–Crippen MR) is 109 cm³/mol. The third-order valence-corrected chi connectivity index (χ3v) is 5.07. The average molecular weight is 432 g/mol. The minimum Gasteiger partial charge on any atom is -0.497 e.